The molecule has 0 aliphatic carbocycles. The molecule has 0 fully saturated rings. The SMILES string of the molecule is Cc1ccc(NC(=O)COC(=O)CNS(=O)(=O)c2ccc(Br)cc2Cl)c(F)c1. The first-order chi connectivity index (χ1) is 13.1. The van der Waals surface area contributed by atoms with Gasteiger partial charge >= 0.3 is 5.97 Å². The minimum atomic E-state index is -4.05. The Kier molecular flexibility index (Phi) is 7.53. The van der Waals surface area contributed by atoms with Crippen molar-refractivity contribution >= 4 is 55.1 Å². The smallest absolute Gasteiger partial charge is 0.321 e. The summed E-state index contributed by atoms with van der Waals surface area (Å²) in [6.45, 7) is 0.285. The summed E-state index contributed by atoms with van der Waals surface area (Å²) in [5.41, 5.74) is 0.623. The average molecular weight is 494 g/mol. The molecule has 2 rings (SSSR count). The number of nitrogens with one attached hydrogen (secondary N) is 2. The molecule has 0 saturated heterocycles. The zero-order valence-electron chi connectivity index (χ0n) is 14.5. The van der Waals surface area contributed by atoms with E-state index in [0.717, 1.165) is 0 Å². The predicted molar refractivity (Wildman–Crippen MR) is 105 cm³/mol. The summed E-state index contributed by atoms with van der Waals surface area (Å²) in [5, 5.41) is 2.22. The molecular formula is C17H15BrClFN2O5S. The second-order valence-electron chi connectivity index (χ2n) is 5.59. The molecule has 0 bridgehead atoms. The molecule has 1 amide bonds. The van der Waals surface area contributed by atoms with E-state index in [-0.39, 0.29) is 15.6 Å². The molecule has 0 aliphatic heterocycles. The molecule has 2 aromatic carbocycles. The minimum absolute atomic E-state index is 0.0326. The third kappa shape index (κ3) is 6.26. The molecule has 0 unspecified atom stereocenters. The number of aryl methyl sites for hydroxylation is 1. The Balaban J connectivity index is 1.85. The van der Waals surface area contributed by atoms with Crippen LogP contribution in [0, 0.1) is 12.7 Å². The third-order valence-corrected chi connectivity index (χ3v) is 5.73. The van der Waals surface area contributed by atoms with Gasteiger partial charge in [0.15, 0.2) is 6.61 Å². The average Bonchev–Trinajstić information content (AvgIpc) is 2.60. The van der Waals surface area contributed by atoms with Gasteiger partial charge in [-0.05, 0) is 42.8 Å². The highest BCUT2D eigenvalue weighted by Gasteiger charge is 2.20. The molecular weight excluding hydrogens is 479 g/mol. The lowest BCUT2D eigenvalue weighted by atomic mass is 10.2. The number of carbonyl (C=O) groups excluding carboxylic acids is 2. The first kappa shape index (κ1) is 22.3. The highest BCUT2D eigenvalue weighted by Crippen LogP contribution is 2.24. The fourth-order valence-corrected chi connectivity index (χ4v) is 4.03. The van der Waals surface area contributed by atoms with Crippen LogP contribution in [0.2, 0.25) is 5.02 Å². The number of benzene rings is 2. The molecule has 0 saturated carbocycles. The van der Waals surface area contributed by atoms with Crippen molar-refractivity contribution in [3.63, 3.8) is 0 Å². The Morgan fingerprint density at radius 2 is 1.93 bits per heavy atom. The lowest BCUT2D eigenvalue weighted by Crippen LogP contribution is -2.32. The van der Waals surface area contributed by atoms with Crippen molar-refractivity contribution in [3.8, 4) is 0 Å². The van der Waals surface area contributed by atoms with E-state index in [9.17, 15) is 22.4 Å². The zero-order chi connectivity index (χ0) is 20.9. The van der Waals surface area contributed by atoms with Gasteiger partial charge < -0.3 is 10.1 Å². The third-order valence-electron chi connectivity index (χ3n) is 3.35. The molecule has 0 atom stereocenters. The number of anilines is 1. The van der Waals surface area contributed by atoms with Crippen molar-refractivity contribution in [2.75, 3.05) is 18.5 Å². The topological polar surface area (TPSA) is 102 Å². The van der Waals surface area contributed by atoms with Crippen LogP contribution < -0.4 is 10.0 Å². The van der Waals surface area contributed by atoms with Gasteiger partial charge in [0.05, 0.1) is 10.7 Å². The summed E-state index contributed by atoms with van der Waals surface area (Å²) < 4.78 is 45.3. The fourth-order valence-electron chi connectivity index (χ4n) is 2.03. The second-order valence-corrected chi connectivity index (χ2v) is 8.65. The molecule has 0 spiro atoms. The van der Waals surface area contributed by atoms with Crippen LogP contribution in [-0.2, 0) is 24.3 Å². The van der Waals surface area contributed by atoms with Crippen LogP contribution in [0.3, 0.4) is 0 Å². The van der Waals surface area contributed by atoms with Crippen molar-refractivity contribution in [2.24, 2.45) is 0 Å². The molecule has 0 aliphatic rings. The van der Waals surface area contributed by atoms with E-state index in [1.54, 1.807) is 13.0 Å². The normalized spacial score (nSPS) is 11.1. The van der Waals surface area contributed by atoms with Crippen molar-refractivity contribution < 1.29 is 27.1 Å². The Hall–Kier alpha value is -2.01. The maximum absolute atomic E-state index is 13.7. The maximum atomic E-state index is 13.7. The number of hydrogen-bond acceptors (Lipinski definition) is 5. The molecule has 28 heavy (non-hydrogen) atoms. The number of esters is 1. The molecule has 11 heteroatoms. The van der Waals surface area contributed by atoms with E-state index >= 15 is 0 Å². The number of halogens is 3. The quantitative estimate of drug-likeness (QED) is 0.578. The van der Waals surface area contributed by atoms with Gasteiger partial charge in [-0.25, -0.2) is 12.8 Å². The van der Waals surface area contributed by atoms with Crippen LogP contribution in [0.25, 0.3) is 0 Å². The summed E-state index contributed by atoms with van der Waals surface area (Å²) in [4.78, 5) is 23.2. The number of sulfonamides is 1. The summed E-state index contributed by atoms with van der Waals surface area (Å²) >= 11 is 9.04. The predicted octanol–water partition coefficient (Wildman–Crippen LogP) is 3.01. The van der Waals surface area contributed by atoms with E-state index in [0.29, 0.717) is 10.0 Å². The molecule has 0 aromatic heterocycles. The molecule has 2 aromatic rings. The van der Waals surface area contributed by atoms with Gasteiger partial charge in [-0.15, -0.1) is 0 Å². The van der Waals surface area contributed by atoms with Crippen molar-refractivity contribution in [1.29, 1.82) is 0 Å². The van der Waals surface area contributed by atoms with Gasteiger partial charge in [0.2, 0.25) is 10.0 Å². The summed E-state index contributed by atoms with van der Waals surface area (Å²) in [5.74, 6) is -2.38. The van der Waals surface area contributed by atoms with E-state index in [2.05, 4.69) is 26.0 Å². The molecule has 0 radical (unpaired) electrons. The maximum Gasteiger partial charge on any atom is 0.321 e. The largest absolute Gasteiger partial charge is 0.455 e. The first-order valence-corrected chi connectivity index (χ1v) is 10.4. The highest BCUT2D eigenvalue weighted by molar-refractivity contribution is 9.10. The van der Waals surface area contributed by atoms with Crippen LogP contribution in [-0.4, -0.2) is 33.4 Å². The van der Waals surface area contributed by atoms with Gasteiger partial charge in [0.25, 0.3) is 5.91 Å². The van der Waals surface area contributed by atoms with Crippen molar-refractivity contribution in [2.45, 2.75) is 11.8 Å². The Labute approximate surface area is 174 Å². The fraction of sp³-hybridized carbons (Fsp3) is 0.176. The number of ether oxygens (including phenoxy) is 1. The van der Waals surface area contributed by atoms with Crippen LogP contribution in [0.5, 0.6) is 0 Å². The summed E-state index contributed by atoms with van der Waals surface area (Å²) in [7, 11) is -4.05. The number of rotatable bonds is 7. The van der Waals surface area contributed by atoms with E-state index in [1.807, 2.05) is 4.72 Å². The van der Waals surface area contributed by atoms with Gasteiger partial charge in [0, 0.05) is 4.47 Å². The van der Waals surface area contributed by atoms with Crippen LogP contribution in [0.1, 0.15) is 5.56 Å². The number of carbonyl (C=O) groups is 2. The lowest BCUT2D eigenvalue weighted by molar-refractivity contribution is -0.146. The standard InChI is InChI=1S/C17H15BrClFN2O5S/c1-10-2-4-14(13(20)6-10)22-16(23)9-27-17(24)8-21-28(25,26)15-5-3-11(18)7-12(15)19/h2-7,21H,8-9H2,1H3,(H,22,23). The summed E-state index contributed by atoms with van der Waals surface area (Å²) in [6.07, 6.45) is 0. The van der Waals surface area contributed by atoms with Gasteiger partial charge in [0.1, 0.15) is 17.3 Å². The summed E-state index contributed by atoms with van der Waals surface area (Å²) in [6, 6.07) is 8.36. The molecule has 150 valence electrons. The van der Waals surface area contributed by atoms with Crippen molar-refractivity contribution in [3.05, 3.63) is 57.3 Å². The monoisotopic (exact) mass is 492 g/mol. The Morgan fingerprint density at radius 1 is 1.21 bits per heavy atom. The van der Waals surface area contributed by atoms with E-state index in [4.69, 9.17) is 11.6 Å². The minimum Gasteiger partial charge on any atom is -0.455 e. The molecule has 0 heterocycles. The van der Waals surface area contributed by atoms with Crippen molar-refractivity contribution in [1.82, 2.24) is 4.72 Å². The Bertz CT molecular complexity index is 1020. The van der Waals surface area contributed by atoms with Gasteiger partial charge in [-0.2, -0.15) is 4.72 Å². The second kappa shape index (κ2) is 9.46. The van der Waals surface area contributed by atoms with Gasteiger partial charge in [-0.3, -0.25) is 9.59 Å². The van der Waals surface area contributed by atoms with Crippen LogP contribution >= 0.6 is 27.5 Å². The number of hydrogen-bond donors (Lipinski definition) is 2. The van der Waals surface area contributed by atoms with Crippen LogP contribution in [0.4, 0.5) is 10.1 Å². The van der Waals surface area contributed by atoms with E-state index in [1.165, 1.54) is 30.3 Å². The molecule has 2 N–H and O–H groups in total. The first-order valence-electron chi connectivity index (χ1n) is 7.75. The highest BCUT2D eigenvalue weighted by atomic mass is 79.9. The van der Waals surface area contributed by atoms with Crippen LogP contribution in [0.15, 0.2) is 45.8 Å². The zero-order valence-corrected chi connectivity index (χ0v) is 17.6. The van der Waals surface area contributed by atoms with Gasteiger partial charge in [-0.1, -0.05) is 33.6 Å². The number of amides is 1. The van der Waals surface area contributed by atoms with E-state index < -0.39 is 40.9 Å². The Morgan fingerprint density at radius 3 is 2.57 bits per heavy atom. The molecule has 7 nitrogen and oxygen atoms in total. The lowest BCUT2D eigenvalue weighted by Gasteiger charge is -2.10.